The van der Waals surface area contributed by atoms with Crippen LogP contribution in [0, 0.1) is 17.2 Å². The highest BCUT2D eigenvalue weighted by Gasteiger charge is 2.35. The molecule has 1 aromatic rings. The van der Waals surface area contributed by atoms with Gasteiger partial charge in [-0.3, -0.25) is 4.90 Å². The molecule has 0 radical (unpaired) electrons. The van der Waals surface area contributed by atoms with Crippen LogP contribution in [0.25, 0.3) is 0 Å². The number of nitrogens with zero attached hydrogens (tertiary/aromatic N) is 4. The lowest BCUT2D eigenvalue weighted by atomic mass is 10.1. The number of aromatic nitrogens is 1. The number of nitriles is 1. The molecule has 0 bridgehead atoms. The Hall–Kier alpha value is -1.64. The van der Waals surface area contributed by atoms with Crippen LogP contribution in [0.4, 0.5) is 5.82 Å². The Morgan fingerprint density at radius 1 is 1.37 bits per heavy atom. The zero-order valence-corrected chi connectivity index (χ0v) is 10.9. The molecule has 1 aromatic heterocycles. The highest BCUT2D eigenvalue weighted by Crippen LogP contribution is 2.27. The number of piperazine rings is 1. The number of hydrogen-bond donors (Lipinski definition) is 1. The maximum atomic E-state index is 9.27. The fraction of sp³-hybridized carbons (Fsp3) is 0.571. The van der Waals surface area contributed by atoms with E-state index < -0.39 is 0 Å². The Kier molecular flexibility index (Phi) is 3.36. The molecule has 1 N–H and O–H groups in total. The molecule has 2 fully saturated rings. The van der Waals surface area contributed by atoms with Gasteiger partial charge < -0.3 is 10.0 Å². The summed E-state index contributed by atoms with van der Waals surface area (Å²) in [6, 6.07) is 6.36. The van der Waals surface area contributed by atoms with Crippen molar-refractivity contribution in [2.45, 2.75) is 12.5 Å². The molecule has 0 saturated carbocycles. The first-order valence-electron chi connectivity index (χ1n) is 6.76. The third-order valence-corrected chi connectivity index (χ3v) is 4.16. The van der Waals surface area contributed by atoms with Crippen molar-refractivity contribution in [1.29, 1.82) is 5.26 Å². The van der Waals surface area contributed by atoms with Gasteiger partial charge in [-0.05, 0) is 24.5 Å². The van der Waals surface area contributed by atoms with Crippen molar-refractivity contribution in [1.82, 2.24) is 9.88 Å². The molecule has 3 rings (SSSR count). The maximum absolute atomic E-state index is 9.27. The van der Waals surface area contributed by atoms with Gasteiger partial charge in [-0.25, -0.2) is 4.98 Å². The SMILES string of the molecule is N#Cc1ccc(N2CCN3C[C@H](CO)C[C@H]3C2)nc1. The fourth-order valence-electron chi connectivity index (χ4n) is 3.13. The Balaban J connectivity index is 1.69. The summed E-state index contributed by atoms with van der Waals surface area (Å²) >= 11 is 0. The van der Waals surface area contributed by atoms with Crippen molar-refractivity contribution in [3.05, 3.63) is 23.9 Å². The number of rotatable bonds is 2. The highest BCUT2D eigenvalue weighted by atomic mass is 16.3. The lowest BCUT2D eigenvalue weighted by Crippen LogP contribution is -2.50. The van der Waals surface area contributed by atoms with Gasteiger partial charge in [0.2, 0.25) is 0 Å². The molecular formula is C14H18N4O. The highest BCUT2D eigenvalue weighted by molar-refractivity contribution is 5.42. The van der Waals surface area contributed by atoms with E-state index in [0.29, 0.717) is 24.1 Å². The van der Waals surface area contributed by atoms with Gasteiger partial charge in [0.25, 0.3) is 0 Å². The van der Waals surface area contributed by atoms with Crippen LogP contribution in [0.2, 0.25) is 0 Å². The average molecular weight is 258 g/mol. The molecule has 5 heteroatoms. The predicted molar refractivity (Wildman–Crippen MR) is 71.7 cm³/mol. The maximum Gasteiger partial charge on any atom is 0.128 e. The molecule has 2 aliphatic rings. The van der Waals surface area contributed by atoms with Crippen LogP contribution >= 0.6 is 0 Å². The van der Waals surface area contributed by atoms with Crippen molar-refractivity contribution >= 4 is 5.82 Å². The van der Waals surface area contributed by atoms with E-state index in [2.05, 4.69) is 20.9 Å². The van der Waals surface area contributed by atoms with Crippen LogP contribution in [0.5, 0.6) is 0 Å². The van der Waals surface area contributed by atoms with Crippen molar-refractivity contribution in [3.8, 4) is 6.07 Å². The van der Waals surface area contributed by atoms with E-state index in [1.165, 1.54) is 0 Å². The molecule has 100 valence electrons. The minimum atomic E-state index is 0.294. The van der Waals surface area contributed by atoms with Crippen LogP contribution in [0.1, 0.15) is 12.0 Å². The zero-order valence-electron chi connectivity index (χ0n) is 10.9. The molecule has 5 nitrogen and oxygen atoms in total. The van der Waals surface area contributed by atoms with Crippen LogP contribution < -0.4 is 4.90 Å². The number of hydrogen-bond acceptors (Lipinski definition) is 5. The molecule has 0 amide bonds. The van der Waals surface area contributed by atoms with Crippen LogP contribution in [-0.4, -0.2) is 53.8 Å². The van der Waals surface area contributed by atoms with Crippen LogP contribution in [-0.2, 0) is 0 Å². The van der Waals surface area contributed by atoms with E-state index in [-0.39, 0.29) is 0 Å². The number of aliphatic hydroxyl groups excluding tert-OH is 1. The Morgan fingerprint density at radius 3 is 2.95 bits per heavy atom. The van der Waals surface area contributed by atoms with E-state index in [1.807, 2.05) is 12.1 Å². The van der Waals surface area contributed by atoms with E-state index >= 15 is 0 Å². The second-order valence-corrected chi connectivity index (χ2v) is 5.40. The molecule has 0 aliphatic carbocycles. The lowest BCUT2D eigenvalue weighted by Gasteiger charge is -2.38. The number of pyridine rings is 1. The molecule has 3 heterocycles. The third kappa shape index (κ3) is 2.42. The van der Waals surface area contributed by atoms with Gasteiger partial charge in [-0.1, -0.05) is 0 Å². The Morgan fingerprint density at radius 2 is 2.26 bits per heavy atom. The normalized spacial score (nSPS) is 27.1. The first-order valence-corrected chi connectivity index (χ1v) is 6.76. The van der Waals surface area contributed by atoms with Crippen LogP contribution in [0.3, 0.4) is 0 Å². The van der Waals surface area contributed by atoms with Gasteiger partial charge in [0.15, 0.2) is 0 Å². The lowest BCUT2D eigenvalue weighted by molar-refractivity contribution is 0.209. The standard InChI is InChI=1S/C14H18N4O/c15-6-11-1-2-14(16-7-11)18-4-3-17-8-12(10-19)5-13(17)9-18/h1-2,7,12-13,19H,3-5,8-10H2/t12-,13+/m1/s1. The topological polar surface area (TPSA) is 63.4 Å². The minimum Gasteiger partial charge on any atom is -0.396 e. The Labute approximate surface area is 113 Å². The second-order valence-electron chi connectivity index (χ2n) is 5.40. The van der Waals surface area contributed by atoms with Crippen molar-refractivity contribution in [3.63, 3.8) is 0 Å². The van der Waals surface area contributed by atoms with Crippen molar-refractivity contribution < 1.29 is 5.11 Å². The van der Waals surface area contributed by atoms with E-state index in [1.54, 1.807) is 6.20 Å². The van der Waals surface area contributed by atoms with Gasteiger partial charge in [-0.15, -0.1) is 0 Å². The zero-order chi connectivity index (χ0) is 13.2. The smallest absolute Gasteiger partial charge is 0.128 e. The quantitative estimate of drug-likeness (QED) is 0.834. The van der Waals surface area contributed by atoms with Crippen molar-refractivity contribution in [2.75, 3.05) is 37.7 Å². The van der Waals surface area contributed by atoms with Gasteiger partial charge in [0, 0.05) is 45.0 Å². The number of aliphatic hydroxyl groups is 1. The average Bonchev–Trinajstić information content (AvgIpc) is 2.89. The molecule has 0 aromatic carbocycles. The molecule has 0 unspecified atom stereocenters. The number of anilines is 1. The summed E-state index contributed by atoms with van der Waals surface area (Å²) in [4.78, 5) is 9.12. The van der Waals surface area contributed by atoms with E-state index in [4.69, 9.17) is 5.26 Å². The van der Waals surface area contributed by atoms with Gasteiger partial charge in [-0.2, -0.15) is 5.26 Å². The van der Waals surface area contributed by atoms with E-state index in [9.17, 15) is 5.11 Å². The summed E-state index contributed by atoms with van der Waals surface area (Å²) in [5.41, 5.74) is 0.601. The van der Waals surface area contributed by atoms with E-state index in [0.717, 1.165) is 38.4 Å². The first kappa shape index (κ1) is 12.4. The minimum absolute atomic E-state index is 0.294. The molecular weight excluding hydrogens is 240 g/mol. The summed E-state index contributed by atoms with van der Waals surface area (Å²) in [6.45, 7) is 4.28. The fourth-order valence-corrected chi connectivity index (χ4v) is 3.13. The first-order chi connectivity index (χ1) is 9.30. The third-order valence-electron chi connectivity index (χ3n) is 4.16. The summed E-state index contributed by atoms with van der Waals surface area (Å²) in [6.07, 6.45) is 2.70. The summed E-state index contributed by atoms with van der Waals surface area (Å²) in [5, 5.41) is 18.1. The number of fused-ring (bicyclic) bond motifs is 1. The largest absolute Gasteiger partial charge is 0.396 e. The second kappa shape index (κ2) is 5.16. The molecule has 2 saturated heterocycles. The Bertz CT molecular complexity index is 481. The predicted octanol–water partition coefficient (Wildman–Crippen LogP) is 0.456. The monoisotopic (exact) mass is 258 g/mol. The van der Waals surface area contributed by atoms with Gasteiger partial charge in [0.1, 0.15) is 11.9 Å². The van der Waals surface area contributed by atoms with Gasteiger partial charge >= 0.3 is 0 Å². The molecule has 0 spiro atoms. The van der Waals surface area contributed by atoms with Crippen LogP contribution in [0.15, 0.2) is 18.3 Å². The summed E-state index contributed by atoms with van der Waals surface area (Å²) in [7, 11) is 0. The summed E-state index contributed by atoms with van der Waals surface area (Å²) < 4.78 is 0. The molecule has 2 aliphatic heterocycles. The van der Waals surface area contributed by atoms with Crippen molar-refractivity contribution in [2.24, 2.45) is 5.92 Å². The molecule has 2 atom stereocenters. The van der Waals surface area contributed by atoms with Gasteiger partial charge in [0.05, 0.1) is 5.56 Å². The molecule has 19 heavy (non-hydrogen) atoms. The summed E-state index contributed by atoms with van der Waals surface area (Å²) in [5.74, 6) is 1.38.